The van der Waals surface area contributed by atoms with Crippen LogP contribution in [0, 0.1) is 0 Å². The second-order valence-corrected chi connectivity index (χ2v) is 3.91. The number of H-pyrrole nitrogens is 1. The SMILES string of the molecule is COC(=O)CCCC(=O)NCCc1cn(C)[nH]1. The Balaban J connectivity index is 2.00. The standard InChI is InChI=1S/C11H19N3O3/c1-14-8-9(13-14)6-7-12-10(15)4-3-5-11(16)17-2/h8,13H,3-7H2,1-2H3,(H,12,15). The van der Waals surface area contributed by atoms with Gasteiger partial charge < -0.3 is 15.2 Å². The summed E-state index contributed by atoms with van der Waals surface area (Å²) in [5.74, 6) is -0.299. The Morgan fingerprint density at radius 3 is 2.76 bits per heavy atom. The lowest BCUT2D eigenvalue weighted by atomic mass is 10.2. The van der Waals surface area contributed by atoms with Gasteiger partial charge in [0.1, 0.15) is 0 Å². The molecule has 0 spiro atoms. The second kappa shape index (κ2) is 6.78. The largest absolute Gasteiger partial charge is 0.469 e. The Labute approximate surface area is 100 Å². The molecular weight excluding hydrogens is 222 g/mol. The van der Waals surface area contributed by atoms with Gasteiger partial charge in [0.25, 0.3) is 0 Å². The summed E-state index contributed by atoms with van der Waals surface area (Å²) < 4.78 is 6.34. The summed E-state index contributed by atoms with van der Waals surface area (Å²) in [6, 6.07) is 0. The van der Waals surface area contributed by atoms with E-state index in [-0.39, 0.29) is 11.9 Å². The van der Waals surface area contributed by atoms with E-state index < -0.39 is 0 Å². The molecule has 1 aromatic rings. The summed E-state index contributed by atoms with van der Waals surface area (Å²) in [7, 11) is 3.26. The molecule has 1 aromatic heterocycles. The van der Waals surface area contributed by atoms with Crippen LogP contribution in [0.2, 0.25) is 0 Å². The Kier molecular flexibility index (Phi) is 5.32. The number of methoxy groups -OCH3 is 1. The van der Waals surface area contributed by atoms with Gasteiger partial charge in [-0.15, -0.1) is 0 Å². The van der Waals surface area contributed by atoms with Gasteiger partial charge in [-0.05, 0) is 6.42 Å². The number of rotatable bonds is 7. The van der Waals surface area contributed by atoms with Crippen molar-refractivity contribution >= 4 is 11.9 Å². The molecule has 0 atom stereocenters. The molecule has 6 nitrogen and oxygen atoms in total. The van der Waals surface area contributed by atoms with Crippen LogP contribution in [-0.2, 0) is 27.8 Å². The lowest BCUT2D eigenvalue weighted by Gasteiger charge is -2.11. The summed E-state index contributed by atoms with van der Waals surface area (Å²) in [6.07, 6.45) is 3.96. The summed E-state index contributed by atoms with van der Waals surface area (Å²) in [5.41, 5.74) is 1.11. The second-order valence-electron chi connectivity index (χ2n) is 3.91. The molecule has 0 aliphatic rings. The summed E-state index contributed by atoms with van der Waals surface area (Å²) in [5, 5.41) is 5.86. The molecule has 2 N–H and O–H groups in total. The van der Waals surface area contributed by atoms with Crippen LogP contribution in [-0.4, -0.2) is 35.3 Å². The van der Waals surface area contributed by atoms with Crippen LogP contribution in [0.1, 0.15) is 25.0 Å². The maximum absolute atomic E-state index is 11.4. The number of aryl methyl sites for hydroxylation is 1. The molecule has 1 rings (SSSR count). The summed E-state index contributed by atoms with van der Waals surface area (Å²) in [4.78, 5) is 22.2. The molecule has 0 bridgehead atoms. The number of esters is 1. The zero-order valence-electron chi connectivity index (χ0n) is 10.3. The van der Waals surface area contributed by atoms with Crippen LogP contribution in [0.5, 0.6) is 0 Å². The molecule has 1 heterocycles. The van der Waals surface area contributed by atoms with Crippen molar-refractivity contribution in [2.75, 3.05) is 13.7 Å². The number of carbonyl (C=O) groups is 2. The molecular formula is C11H19N3O3. The molecule has 0 fully saturated rings. The van der Waals surface area contributed by atoms with Crippen LogP contribution in [0.4, 0.5) is 0 Å². The Bertz CT molecular complexity index is 356. The van der Waals surface area contributed by atoms with E-state index in [0.717, 1.165) is 12.1 Å². The number of ether oxygens (including phenoxy) is 1. The van der Waals surface area contributed by atoms with Crippen molar-refractivity contribution in [1.29, 1.82) is 0 Å². The van der Waals surface area contributed by atoms with Crippen LogP contribution >= 0.6 is 0 Å². The molecule has 0 saturated heterocycles. The highest BCUT2D eigenvalue weighted by atomic mass is 16.5. The zero-order chi connectivity index (χ0) is 12.7. The predicted octanol–water partition coefficient (Wildman–Crippen LogP) is 0.355. The predicted molar refractivity (Wildman–Crippen MR) is 62.3 cm³/mol. The number of nitrogens with zero attached hydrogens (tertiary/aromatic N) is 1. The van der Waals surface area contributed by atoms with Crippen LogP contribution in [0.3, 0.4) is 0 Å². The highest BCUT2D eigenvalue weighted by Crippen LogP contribution is 1.98. The van der Waals surface area contributed by atoms with Gasteiger partial charge in [0, 0.05) is 39.1 Å². The molecule has 17 heavy (non-hydrogen) atoms. The fourth-order valence-electron chi connectivity index (χ4n) is 1.50. The van der Waals surface area contributed by atoms with E-state index in [1.54, 1.807) is 0 Å². The summed E-state index contributed by atoms with van der Waals surface area (Å²) >= 11 is 0. The van der Waals surface area contributed by atoms with Gasteiger partial charge in [0.05, 0.1) is 12.8 Å². The van der Waals surface area contributed by atoms with Crippen molar-refractivity contribution in [3.8, 4) is 0 Å². The number of hydrogen-bond donors (Lipinski definition) is 2. The fourth-order valence-corrected chi connectivity index (χ4v) is 1.50. The van der Waals surface area contributed by atoms with Crippen molar-refractivity contribution in [1.82, 2.24) is 15.1 Å². The van der Waals surface area contributed by atoms with Gasteiger partial charge >= 0.3 is 5.97 Å². The maximum Gasteiger partial charge on any atom is 0.305 e. The molecule has 96 valence electrons. The van der Waals surface area contributed by atoms with Gasteiger partial charge in [0.2, 0.25) is 5.91 Å². The van der Waals surface area contributed by atoms with Crippen molar-refractivity contribution in [2.24, 2.45) is 7.05 Å². The molecule has 0 saturated carbocycles. The first-order valence-electron chi connectivity index (χ1n) is 5.65. The maximum atomic E-state index is 11.4. The molecule has 0 aliphatic heterocycles. The quantitative estimate of drug-likeness (QED) is 0.676. The minimum Gasteiger partial charge on any atom is -0.469 e. The van der Waals surface area contributed by atoms with Crippen molar-refractivity contribution in [2.45, 2.75) is 25.7 Å². The van der Waals surface area contributed by atoms with Gasteiger partial charge in [0.15, 0.2) is 0 Å². The van der Waals surface area contributed by atoms with E-state index in [9.17, 15) is 9.59 Å². The van der Waals surface area contributed by atoms with Crippen molar-refractivity contribution in [3.63, 3.8) is 0 Å². The first-order valence-corrected chi connectivity index (χ1v) is 5.65. The topological polar surface area (TPSA) is 76.1 Å². The zero-order valence-corrected chi connectivity index (χ0v) is 10.3. The first kappa shape index (κ1) is 13.3. The van der Waals surface area contributed by atoms with E-state index >= 15 is 0 Å². The molecule has 1 amide bonds. The van der Waals surface area contributed by atoms with E-state index in [4.69, 9.17) is 0 Å². The van der Waals surface area contributed by atoms with Crippen molar-refractivity contribution in [3.05, 3.63) is 11.9 Å². The highest BCUT2D eigenvalue weighted by molar-refractivity contribution is 5.76. The number of carbonyl (C=O) groups excluding carboxylic acids is 2. The van der Waals surface area contributed by atoms with E-state index in [2.05, 4.69) is 15.2 Å². The van der Waals surface area contributed by atoms with Crippen LogP contribution in [0.15, 0.2) is 6.20 Å². The lowest BCUT2D eigenvalue weighted by Crippen LogP contribution is -2.26. The number of nitrogens with one attached hydrogen (secondary N) is 2. The van der Waals surface area contributed by atoms with E-state index in [0.29, 0.717) is 25.8 Å². The number of hydrogen-bond acceptors (Lipinski definition) is 3. The Hall–Kier alpha value is -1.72. The molecule has 0 aromatic carbocycles. The minimum atomic E-state index is -0.273. The molecule has 0 unspecified atom stereocenters. The van der Waals surface area contributed by atoms with Gasteiger partial charge in [-0.2, -0.15) is 0 Å². The summed E-state index contributed by atoms with van der Waals surface area (Å²) in [6.45, 7) is 0.615. The smallest absolute Gasteiger partial charge is 0.305 e. The third-order valence-electron chi connectivity index (χ3n) is 2.40. The van der Waals surface area contributed by atoms with E-state index in [1.165, 1.54) is 7.11 Å². The molecule has 6 heteroatoms. The number of amides is 1. The Morgan fingerprint density at radius 1 is 1.47 bits per heavy atom. The average molecular weight is 241 g/mol. The molecule has 0 radical (unpaired) electrons. The fraction of sp³-hybridized carbons (Fsp3) is 0.636. The lowest BCUT2D eigenvalue weighted by molar-refractivity contribution is -0.140. The van der Waals surface area contributed by atoms with Gasteiger partial charge in [-0.3, -0.25) is 14.3 Å². The monoisotopic (exact) mass is 241 g/mol. The number of aromatic amines is 1. The molecule has 0 aliphatic carbocycles. The van der Waals surface area contributed by atoms with E-state index in [1.807, 2.05) is 17.9 Å². The third-order valence-corrected chi connectivity index (χ3v) is 2.40. The van der Waals surface area contributed by atoms with Crippen molar-refractivity contribution < 1.29 is 14.3 Å². The number of aromatic nitrogens is 2. The van der Waals surface area contributed by atoms with Crippen LogP contribution in [0.25, 0.3) is 0 Å². The Morgan fingerprint density at radius 2 is 2.18 bits per heavy atom. The average Bonchev–Trinajstić information content (AvgIpc) is 2.26. The normalized spacial score (nSPS) is 10.2. The highest BCUT2D eigenvalue weighted by Gasteiger charge is 2.05. The third kappa shape index (κ3) is 5.24. The first-order chi connectivity index (χ1) is 8.11. The van der Waals surface area contributed by atoms with Crippen LogP contribution < -0.4 is 5.32 Å². The minimum absolute atomic E-state index is 0.0258. The van der Waals surface area contributed by atoms with Gasteiger partial charge in [-0.1, -0.05) is 0 Å². The van der Waals surface area contributed by atoms with Gasteiger partial charge in [-0.25, -0.2) is 0 Å².